The van der Waals surface area contributed by atoms with Crippen molar-refractivity contribution in [2.45, 2.75) is 45.1 Å². The van der Waals surface area contributed by atoms with Gasteiger partial charge in [-0.3, -0.25) is 0 Å². The lowest BCUT2D eigenvalue weighted by Crippen LogP contribution is -2.11. The van der Waals surface area contributed by atoms with E-state index >= 15 is 0 Å². The number of halogens is 1. The van der Waals surface area contributed by atoms with E-state index in [1.54, 1.807) is 0 Å². The van der Waals surface area contributed by atoms with Crippen LogP contribution in [-0.4, -0.2) is 14.8 Å². The van der Waals surface area contributed by atoms with E-state index in [0.717, 1.165) is 12.4 Å². The van der Waals surface area contributed by atoms with Crippen molar-refractivity contribution in [3.63, 3.8) is 0 Å². The van der Waals surface area contributed by atoms with Crippen molar-refractivity contribution in [3.05, 3.63) is 11.1 Å². The van der Waals surface area contributed by atoms with Gasteiger partial charge in [0.15, 0.2) is 0 Å². The lowest BCUT2D eigenvalue weighted by molar-refractivity contribution is 0.453. The molecule has 0 spiro atoms. The topological polar surface area (TPSA) is 30.7 Å². The summed E-state index contributed by atoms with van der Waals surface area (Å²) in [4.78, 5) is 0. The fraction of sp³-hybridized carbons (Fsp3) is 0.800. The SMILES string of the molecule is CC1(Cn2c(Cl)nnc2C2CC2)CC1. The molecule has 0 aliphatic heterocycles. The first-order valence-electron chi connectivity index (χ1n) is 5.27. The molecule has 2 fully saturated rings. The summed E-state index contributed by atoms with van der Waals surface area (Å²) in [5.41, 5.74) is 0.468. The highest BCUT2D eigenvalue weighted by Crippen LogP contribution is 2.48. The summed E-state index contributed by atoms with van der Waals surface area (Å²) >= 11 is 6.04. The van der Waals surface area contributed by atoms with E-state index in [9.17, 15) is 0 Å². The van der Waals surface area contributed by atoms with Crippen molar-refractivity contribution in [1.29, 1.82) is 0 Å². The Balaban J connectivity index is 1.89. The Morgan fingerprint density at radius 2 is 2.14 bits per heavy atom. The molecule has 3 rings (SSSR count). The zero-order valence-corrected chi connectivity index (χ0v) is 9.09. The van der Waals surface area contributed by atoms with Gasteiger partial charge in [-0.15, -0.1) is 10.2 Å². The maximum atomic E-state index is 6.04. The Morgan fingerprint density at radius 1 is 1.43 bits per heavy atom. The lowest BCUT2D eigenvalue weighted by Gasteiger charge is -2.11. The van der Waals surface area contributed by atoms with Crippen molar-refractivity contribution in [3.8, 4) is 0 Å². The Morgan fingerprint density at radius 3 is 2.71 bits per heavy atom. The fourth-order valence-electron chi connectivity index (χ4n) is 1.84. The molecular weight excluding hydrogens is 198 g/mol. The molecular formula is C10H14ClN3. The smallest absolute Gasteiger partial charge is 0.225 e. The van der Waals surface area contributed by atoms with E-state index in [2.05, 4.69) is 21.7 Å². The summed E-state index contributed by atoms with van der Waals surface area (Å²) in [5, 5.41) is 8.71. The molecule has 0 saturated heterocycles. The summed E-state index contributed by atoms with van der Waals surface area (Å²) in [6.45, 7) is 3.31. The number of hydrogen-bond donors (Lipinski definition) is 0. The molecule has 0 N–H and O–H groups in total. The van der Waals surface area contributed by atoms with Crippen molar-refractivity contribution in [2.24, 2.45) is 5.41 Å². The van der Waals surface area contributed by atoms with Crippen LogP contribution in [0.3, 0.4) is 0 Å². The Bertz CT molecular complexity index is 363. The minimum absolute atomic E-state index is 0.468. The van der Waals surface area contributed by atoms with E-state index in [1.807, 2.05) is 0 Å². The standard InChI is InChI=1S/C10H14ClN3/c1-10(4-5-10)6-14-8(7-2-3-7)12-13-9(14)11/h7H,2-6H2,1H3. The highest BCUT2D eigenvalue weighted by Gasteiger charge is 2.40. The average Bonchev–Trinajstić information content (AvgIpc) is 3.03. The van der Waals surface area contributed by atoms with Crippen LogP contribution in [0.5, 0.6) is 0 Å². The van der Waals surface area contributed by atoms with Crippen molar-refractivity contribution in [2.75, 3.05) is 0 Å². The largest absolute Gasteiger partial charge is 0.301 e. The Hall–Kier alpha value is -0.570. The van der Waals surface area contributed by atoms with Gasteiger partial charge in [-0.05, 0) is 42.7 Å². The molecule has 3 nitrogen and oxygen atoms in total. The molecule has 0 radical (unpaired) electrons. The molecule has 2 aliphatic carbocycles. The zero-order chi connectivity index (χ0) is 9.76. The van der Waals surface area contributed by atoms with E-state index in [4.69, 9.17) is 11.6 Å². The van der Waals surface area contributed by atoms with Gasteiger partial charge in [0.25, 0.3) is 0 Å². The van der Waals surface area contributed by atoms with Crippen molar-refractivity contribution < 1.29 is 0 Å². The number of rotatable bonds is 3. The second-order valence-electron chi connectivity index (χ2n) is 5.00. The molecule has 0 bridgehead atoms. The first-order valence-corrected chi connectivity index (χ1v) is 5.64. The van der Waals surface area contributed by atoms with Crippen molar-refractivity contribution >= 4 is 11.6 Å². The fourth-order valence-corrected chi connectivity index (χ4v) is 2.02. The van der Waals surface area contributed by atoms with Gasteiger partial charge in [0.1, 0.15) is 5.82 Å². The Labute approximate surface area is 88.5 Å². The van der Waals surface area contributed by atoms with E-state index in [1.165, 1.54) is 25.7 Å². The van der Waals surface area contributed by atoms with E-state index < -0.39 is 0 Å². The van der Waals surface area contributed by atoms with Gasteiger partial charge in [-0.1, -0.05) is 6.92 Å². The number of aromatic nitrogens is 3. The van der Waals surface area contributed by atoms with Gasteiger partial charge in [-0.25, -0.2) is 0 Å². The predicted molar refractivity (Wildman–Crippen MR) is 54.3 cm³/mol. The molecule has 0 unspecified atom stereocenters. The minimum Gasteiger partial charge on any atom is -0.301 e. The third kappa shape index (κ3) is 1.44. The van der Waals surface area contributed by atoms with Gasteiger partial charge < -0.3 is 4.57 Å². The zero-order valence-electron chi connectivity index (χ0n) is 8.33. The van der Waals surface area contributed by atoms with Crippen LogP contribution in [0.4, 0.5) is 0 Å². The maximum Gasteiger partial charge on any atom is 0.225 e. The third-order valence-electron chi connectivity index (χ3n) is 3.32. The van der Waals surface area contributed by atoms with Crippen LogP contribution in [0.1, 0.15) is 44.3 Å². The van der Waals surface area contributed by atoms with E-state index in [-0.39, 0.29) is 0 Å². The molecule has 76 valence electrons. The van der Waals surface area contributed by atoms with Gasteiger partial charge in [0.05, 0.1) is 0 Å². The molecule has 2 saturated carbocycles. The van der Waals surface area contributed by atoms with Crippen LogP contribution in [0.25, 0.3) is 0 Å². The molecule has 1 aromatic rings. The van der Waals surface area contributed by atoms with Gasteiger partial charge >= 0.3 is 0 Å². The molecule has 1 aromatic heterocycles. The summed E-state index contributed by atoms with van der Waals surface area (Å²) in [7, 11) is 0. The van der Waals surface area contributed by atoms with Crippen LogP contribution < -0.4 is 0 Å². The van der Waals surface area contributed by atoms with Crippen molar-refractivity contribution in [1.82, 2.24) is 14.8 Å². The average molecular weight is 212 g/mol. The molecule has 1 heterocycles. The van der Waals surface area contributed by atoms with Gasteiger partial charge in [0.2, 0.25) is 5.28 Å². The normalized spacial score (nSPS) is 23.9. The van der Waals surface area contributed by atoms with Crippen LogP contribution in [-0.2, 0) is 6.54 Å². The maximum absolute atomic E-state index is 6.04. The number of nitrogens with zero attached hydrogens (tertiary/aromatic N) is 3. The molecule has 4 heteroatoms. The molecule has 0 atom stereocenters. The monoisotopic (exact) mass is 211 g/mol. The van der Waals surface area contributed by atoms with Gasteiger partial charge in [0, 0.05) is 12.5 Å². The summed E-state index contributed by atoms with van der Waals surface area (Å²) in [5.74, 6) is 1.75. The van der Waals surface area contributed by atoms with Crippen LogP contribution >= 0.6 is 11.6 Å². The lowest BCUT2D eigenvalue weighted by atomic mass is 10.1. The number of hydrogen-bond acceptors (Lipinski definition) is 2. The molecule has 0 amide bonds. The second-order valence-corrected chi connectivity index (χ2v) is 5.34. The highest BCUT2D eigenvalue weighted by atomic mass is 35.5. The first-order chi connectivity index (χ1) is 6.68. The van der Waals surface area contributed by atoms with Crippen LogP contribution in [0.15, 0.2) is 0 Å². The van der Waals surface area contributed by atoms with Crippen LogP contribution in [0, 0.1) is 5.41 Å². The molecule has 0 aromatic carbocycles. The molecule has 2 aliphatic rings. The quantitative estimate of drug-likeness (QED) is 0.770. The summed E-state index contributed by atoms with van der Waals surface area (Å²) < 4.78 is 2.12. The second kappa shape index (κ2) is 2.72. The summed E-state index contributed by atoms with van der Waals surface area (Å²) in [6, 6.07) is 0. The third-order valence-corrected chi connectivity index (χ3v) is 3.60. The Kier molecular flexibility index (Phi) is 1.69. The van der Waals surface area contributed by atoms with E-state index in [0.29, 0.717) is 16.6 Å². The minimum atomic E-state index is 0.468. The van der Waals surface area contributed by atoms with Gasteiger partial charge in [-0.2, -0.15) is 0 Å². The summed E-state index contributed by atoms with van der Waals surface area (Å²) in [6.07, 6.45) is 5.13. The predicted octanol–water partition coefficient (Wildman–Crippen LogP) is 2.61. The molecule has 14 heavy (non-hydrogen) atoms. The first kappa shape index (κ1) is 8.72. The highest BCUT2D eigenvalue weighted by molar-refractivity contribution is 6.28. The van der Waals surface area contributed by atoms with Crippen LogP contribution in [0.2, 0.25) is 5.28 Å².